The highest BCUT2D eigenvalue weighted by Crippen LogP contribution is 2.09. The van der Waals surface area contributed by atoms with Gasteiger partial charge >= 0.3 is 0 Å². The molecule has 0 saturated carbocycles. The van der Waals surface area contributed by atoms with E-state index in [4.69, 9.17) is 0 Å². The molecule has 0 heterocycles. The van der Waals surface area contributed by atoms with E-state index in [1.807, 2.05) is 19.1 Å². The number of hydrogen-bond donors (Lipinski definition) is 1. The molecule has 0 bridgehead atoms. The van der Waals surface area contributed by atoms with Crippen molar-refractivity contribution >= 4 is 15.7 Å². The van der Waals surface area contributed by atoms with Gasteiger partial charge in [0.15, 0.2) is 0 Å². The quantitative estimate of drug-likeness (QED) is 0.850. The molecular formula is C11H21NO2S. The van der Waals surface area contributed by atoms with Crippen molar-refractivity contribution in [3.8, 4) is 0 Å². The van der Waals surface area contributed by atoms with Crippen LogP contribution >= 0.6 is 0 Å². The van der Waals surface area contributed by atoms with Crippen LogP contribution in [0.15, 0.2) is 24.3 Å². The minimum Gasteiger partial charge on any atom is -0.284 e. The fourth-order valence-corrected chi connectivity index (χ4v) is 1.40. The molecule has 4 heteroatoms. The van der Waals surface area contributed by atoms with Gasteiger partial charge in [-0.1, -0.05) is 38.0 Å². The molecule has 1 rings (SSSR count). The normalized spacial score (nSPS) is 10.1. The largest absolute Gasteiger partial charge is 0.284 e. The Morgan fingerprint density at radius 3 is 1.93 bits per heavy atom. The average Bonchev–Trinajstić information content (AvgIpc) is 2.08. The van der Waals surface area contributed by atoms with Crippen LogP contribution in [0.1, 0.15) is 27.3 Å². The summed E-state index contributed by atoms with van der Waals surface area (Å²) in [6, 6.07) is 7.17. The second-order valence-electron chi connectivity index (χ2n) is 3.45. The number of anilines is 1. The molecule has 0 atom stereocenters. The molecule has 0 radical (unpaired) electrons. The Bertz CT molecular complexity index is 373. The van der Waals surface area contributed by atoms with Gasteiger partial charge in [-0.3, -0.25) is 4.72 Å². The molecule has 0 aromatic heterocycles. The Morgan fingerprint density at radius 1 is 1.20 bits per heavy atom. The number of sulfonamides is 1. The van der Waals surface area contributed by atoms with E-state index >= 15 is 0 Å². The minimum absolute atomic E-state index is 0. The second-order valence-corrected chi connectivity index (χ2v) is 5.20. The molecule has 3 nitrogen and oxygen atoms in total. The van der Waals surface area contributed by atoms with E-state index in [0.717, 1.165) is 11.8 Å². The lowest BCUT2D eigenvalue weighted by atomic mass is 10.2. The van der Waals surface area contributed by atoms with E-state index in [0.29, 0.717) is 5.69 Å². The van der Waals surface area contributed by atoms with Crippen LogP contribution in [0, 0.1) is 6.92 Å². The van der Waals surface area contributed by atoms with E-state index in [9.17, 15) is 8.42 Å². The standard InChI is InChI=1S/C8H11NO2S.C3H8.H2/c1-7-3-5-8(6-4-7)9-12(2,10)11;1-3-2;/h3-6,9H,1-2H3;3H2,1-2H3;1H. The first-order chi connectivity index (χ1) is 6.89. The lowest BCUT2D eigenvalue weighted by molar-refractivity contribution is 0.607. The molecule has 0 aliphatic carbocycles. The maximum atomic E-state index is 10.8. The number of rotatable bonds is 2. The van der Waals surface area contributed by atoms with Crippen molar-refractivity contribution in [2.24, 2.45) is 0 Å². The van der Waals surface area contributed by atoms with E-state index < -0.39 is 10.0 Å². The highest BCUT2D eigenvalue weighted by atomic mass is 32.2. The highest BCUT2D eigenvalue weighted by Gasteiger charge is 1.99. The van der Waals surface area contributed by atoms with Gasteiger partial charge in [-0.05, 0) is 19.1 Å². The zero-order valence-corrected chi connectivity index (χ0v) is 10.6. The second kappa shape index (κ2) is 6.45. The molecule has 0 fully saturated rings. The van der Waals surface area contributed by atoms with E-state index in [1.165, 1.54) is 6.42 Å². The molecule has 0 spiro atoms. The van der Waals surface area contributed by atoms with Crippen LogP contribution in [0.3, 0.4) is 0 Å². The molecule has 1 N–H and O–H groups in total. The van der Waals surface area contributed by atoms with Crippen LogP contribution in [0.2, 0.25) is 0 Å². The SMILES string of the molecule is CCC.Cc1ccc(NS(C)(=O)=O)cc1.[HH]. The maximum Gasteiger partial charge on any atom is 0.229 e. The van der Waals surface area contributed by atoms with Crippen molar-refractivity contribution in [2.75, 3.05) is 11.0 Å². The Hall–Kier alpha value is -1.03. The number of benzene rings is 1. The van der Waals surface area contributed by atoms with Crippen molar-refractivity contribution in [1.29, 1.82) is 0 Å². The molecule has 1 aromatic carbocycles. The highest BCUT2D eigenvalue weighted by molar-refractivity contribution is 7.92. The zero-order valence-electron chi connectivity index (χ0n) is 9.74. The summed E-state index contributed by atoms with van der Waals surface area (Å²) in [5.74, 6) is 0. The topological polar surface area (TPSA) is 46.2 Å². The van der Waals surface area contributed by atoms with E-state index in [2.05, 4.69) is 18.6 Å². The smallest absolute Gasteiger partial charge is 0.229 e. The molecular weight excluding hydrogens is 210 g/mol. The Morgan fingerprint density at radius 2 is 1.60 bits per heavy atom. The van der Waals surface area contributed by atoms with Crippen molar-refractivity contribution < 1.29 is 9.84 Å². The molecule has 0 saturated heterocycles. The first-order valence-electron chi connectivity index (χ1n) is 4.93. The van der Waals surface area contributed by atoms with Gasteiger partial charge in [-0.15, -0.1) is 0 Å². The fraction of sp³-hybridized carbons (Fsp3) is 0.455. The van der Waals surface area contributed by atoms with Crippen LogP contribution in [0.25, 0.3) is 0 Å². The monoisotopic (exact) mass is 231 g/mol. The predicted octanol–water partition coefficient (Wildman–Crippen LogP) is 3.03. The van der Waals surface area contributed by atoms with Gasteiger partial charge in [0.1, 0.15) is 0 Å². The van der Waals surface area contributed by atoms with Crippen molar-refractivity contribution in [3.63, 3.8) is 0 Å². The van der Waals surface area contributed by atoms with Gasteiger partial charge in [-0.2, -0.15) is 0 Å². The maximum absolute atomic E-state index is 10.8. The third-order valence-corrected chi connectivity index (χ3v) is 1.96. The third-order valence-electron chi connectivity index (χ3n) is 1.35. The van der Waals surface area contributed by atoms with Gasteiger partial charge in [0.25, 0.3) is 0 Å². The lowest BCUT2D eigenvalue weighted by Crippen LogP contribution is -2.09. The Labute approximate surface area is 94.1 Å². The molecule has 0 aliphatic heterocycles. The number of aryl methyl sites for hydroxylation is 1. The molecule has 1 aromatic rings. The summed E-state index contributed by atoms with van der Waals surface area (Å²) in [6.45, 7) is 6.20. The van der Waals surface area contributed by atoms with E-state index in [1.54, 1.807) is 12.1 Å². The molecule has 0 unspecified atom stereocenters. The predicted molar refractivity (Wildman–Crippen MR) is 67.7 cm³/mol. The van der Waals surface area contributed by atoms with Crippen LogP contribution < -0.4 is 4.72 Å². The third kappa shape index (κ3) is 8.00. The molecule has 0 aliphatic rings. The summed E-state index contributed by atoms with van der Waals surface area (Å²) < 4.78 is 23.9. The minimum atomic E-state index is -3.14. The van der Waals surface area contributed by atoms with Crippen LogP contribution in [-0.4, -0.2) is 14.7 Å². The van der Waals surface area contributed by atoms with Gasteiger partial charge in [0.2, 0.25) is 10.0 Å². The first-order valence-corrected chi connectivity index (χ1v) is 6.82. The van der Waals surface area contributed by atoms with Crippen LogP contribution in [0.5, 0.6) is 0 Å². The molecule has 88 valence electrons. The number of hydrogen-bond acceptors (Lipinski definition) is 2. The molecule has 0 amide bonds. The van der Waals surface area contributed by atoms with E-state index in [-0.39, 0.29) is 1.43 Å². The van der Waals surface area contributed by atoms with Crippen molar-refractivity contribution in [2.45, 2.75) is 27.2 Å². The van der Waals surface area contributed by atoms with Gasteiger partial charge in [0.05, 0.1) is 6.26 Å². The van der Waals surface area contributed by atoms with Gasteiger partial charge in [0, 0.05) is 7.11 Å². The summed E-state index contributed by atoms with van der Waals surface area (Å²) in [7, 11) is -3.14. The summed E-state index contributed by atoms with van der Waals surface area (Å²) in [4.78, 5) is 0. The lowest BCUT2D eigenvalue weighted by Gasteiger charge is -2.02. The Kier molecular flexibility index (Phi) is 6.01. The molecule has 15 heavy (non-hydrogen) atoms. The summed E-state index contributed by atoms with van der Waals surface area (Å²) in [5, 5.41) is 0. The fourth-order valence-electron chi connectivity index (χ4n) is 0.836. The first kappa shape index (κ1) is 14.0. The van der Waals surface area contributed by atoms with Crippen molar-refractivity contribution in [1.82, 2.24) is 0 Å². The zero-order chi connectivity index (χ0) is 11.9. The van der Waals surface area contributed by atoms with Crippen LogP contribution in [0.4, 0.5) is 5.69 Å². The van der Waals surface area contributed by atoms with Crippen LogP contribution in [-0.2, 0) is 10.0 Å². The summed E-state index contributed by atoms with van der Waals surface area (Å²) >= 11 is 0. The summed E-state index contributed by atoms with van der Waals surface area (Å²) in [5.41, 5.74) is 1.71. The van der Waals surface area contributed by atoms with Crippen molar-refractivity contribution in [3.05, 3.63) is 29.8 Å². The van der Waals surface area contributed by atoms with Gasteiger partial charge in [-0.25, -0.2) is 8.42 Å². The summed E-state index contributed by atoms with van der Waals surface area (Å²) in [6.07, 6.45) is 2.38. The van der Waals surface area contributed by atoms with Gasteiger partial charge < -0.3 is 0 Å². The number of nitrogens with one attached hydrogen (secondary N) is 1. The Balaban J connectivity index is 0. The average molecular weight is 231 g/mol.